The summed E-state index contributed by atoms with van der Waals surface area (Å²) >= 11 is 0. The van der Waals surface area contributed by atoms with Crippen molar-refractivity contribution in [1.29, 1.82) is 0 Å². The minimum absolute atomic E-state index is 0.0156. The summed E-state index contributed by atoms with van der Waals surface area (Å²) in [5, 5.41) is 0. The number of aryl methyl sites for hydroxylation is 1. The summed E-state index contributed by atoms with van der Waals surface area (Å²) in [5.74, 6) is 0. The highest BCUT2D eigenvalue weighted by Crippen LogP contribution is 1.89. The molecule has 0 unspecified atom stereocenters. The van der Waals surface area contributed by atoms with Crippen LogP contribution in [0.3, 0.4) is 0 Å². The highest BCUT2D eigenvalue weighted by molar-refractivity contribution is 5.45. The monoisotopic (exact) mass is 150 g/mol. The summed E-state index contributed by atoms with van der Waals surface area (Å²) in [6.07, 6.45) is 6.62. The van der Waals surface area contributed by atoms with Gasteiger partial charge in [-0.15, -0.1) is 0 Å². The van der Waals surface area contributed by atoms with Gasteiger partial charge in [-0.1, -0.05) is 12.2 Å². The molecule has 0 saturated carbocycles. The highest BCUT2D eigenvalue weighted by Gasteiger charge is 1.94. The third-order valence-electron chi connectivity index (χ3n) is 1.37. The second kappa shape index (κ2) is 3.14. The molecule has 58 valence electrons. The fourth-order valence-corrected chi connectivity index (χ4v) is 0.819. The molecule has 0 spiro atoms. The molecule has 0 fully saturated rings. The third-order valence-corrected chi connectivity index (χ3v) is 1.37. The summed E-state index contributed by atoms with van der Waals surface area (Å²) in [7, 11) is 1.68. The SMILES string of the molecule is C/C=C/c1cncn(C)c1=O. The van der Waals surface area contributed by atoms with Crippen LogP contribution in [0.15, 0.2) is 23.4 Å². The summed E-state index contributed by atoms with van der Waals surface area (Å²) in [6, 6.07) is 0. The fourth-order valence-electron chi connectivity index (χ4n) is 0.819. The van der Waals surface area contributed by atoms with Gasteiger partial charge < -0.3 is 4.57 Å². The Morgan fingerprint density at radius 3 is 3.00 bits per heavy atom. The van der Waals surface area contributed by atoms with Crippen molar-refractivity contribution in [2.45, 2.75) is 6.92 Å². The molecule has 0 aliphatic rings. The molecule has 0 bridgehead atoms. The number of allylic oxidation sites excluding steroid dienone is 1. The zero-order chi connectivity index (χ0) is 8.27. The van der Waals surface area contributed by atoms with Gasteiger partial charge in [0.1, 0.15) is 0 Å². The molecular formula is C8H10N2O. The van der Waals surface area contributed by atoms with Gasteiger partial charge in [-0.05, 0) is 6.92 Å². The number of nitrogens with zero attached hydrogens (tertiary/aromatic N) is 2. The van der Waals surface area contributed by atoms with Crippen LogP contribution in [-0.4, -0.2) is 9.55 Å². The Labute approximate surface area is 65.0 Å². The summed E-state index contributed by atoms with van der Waals surface area (Å²) in [4.78, 5) is 15.1. The maximum absolute atomic E-state index is 11.2. The Hall–Kier alpha value is -1.38. The fraction of sp³-hybridized carbons (Fsp3) is 0.250. The number of hydrogen-bond acceptors (Lipinski definition) is 2. The van der Waals surface area contributed by atoms with E-state index in [1.54, 1.807) is 19.3 Å². The van der Waals surface area contributed by atoms with Gasteiger partial charge in [-0.25, -0.2) is 4.98 Å². The highest BCUT2D eigenvalue weighted by atomic mass is 16.1. The molecule has 0 aromatic carbocycles. The maximum Gasteiger partial charge on any atom is 0.260 e. The molecule has 3 heteroatoms. The van der Waals surface area contributed by atoms with E-state index in [0.29, 0.717) is 5.56 Å². The standard InChI is InChI=1S/C8H10N2O/c1-3-4-7-5-9-6-10(2)8(7)11/h3-6H,1-2H3/b4-3+. The molecule has 0 aliphatic carbocycles. The van der Waals surface area contributed by atoms with Gasteiger partial charge in [0, 0.05) is 13.2 Å². The van der Waals surface area contributed by atoms with Crippen LogP contribution in [0, 0.1) is 0 Å². The zero-order valence-corrected chi connectivity index (χ0v) is 6.61. The Bertz CT molecular complexity index is 325. The predicted molar refractivity (Wildman–Crippen MR) is 44.2 cm³/mol. The van der Waals surface area contributed by atoms with E-state index in [1.807, 2.05) is 13.0 Å². The van der Waals surface area contributed by atoms with Crippen molar-refractivity contribution >= 4 is 6.08 Å². The second-order valence-corrected chi connectivity index (χ2v) is 2.27. The quantitative estimate of drug-likeness (QED) is 0.594. The lowest BCUT2D eigenvalue weighted by atomic mass is 10.3. The lowest BCUT2D eigenvalue weighted by Crippen LogP contribution is -2.18. The first-order valence-electron chi connectivity index (χ1n) is 3.39. The summed E-state index contributed by atoms with van der Waals surface area (Å²) in [6.45, 7) is 1.87. The van der Waals surface area contributed by atoms with E-state index in [2.05, 4.69) is 4.98 Å². The molecule has 1 aromatic heterocycles. The first kappa shape index (κ1) is 7.72. The first-order valence-corrected chi connectivity index (χ1v) is 3.39. The number of hydrogen-bond donors (Lipinski definition) is 0. The summed E-state index contributed by atoms with van der Waals surface area (Å²) < 4.78 is 1.45. The van der Waals surface area contributed by atoms with E-state index in [4.69, 9.17) is 0 Å². The van der Waals surface area contributed by atoms with Crippen LogP contribution in [0.5, 0.6) is 0 Å². The Morgan fingerprint density at radius 1 is 1.64 bits per heavy atom. The van der Waals surface area contributed by atoms with E-state index in [0.717, 1.165) is 0 Å². The van der Waals surface area contributed by atoms with E-state index in [9.17, 15) is 4.79 Å². The molecule has 0 saturated heterocycles. The molecule has 11 heavy (non-hydrogen) atoms. The van der Waals surface area contributed by atoms with Crippen LogP contribution >= 0.6 is 0 Å². The zero-order valence-electron chi connectivity index (χ0n) is 6.61. The van der Waals surface area contributed by atoms with Crippen LogP contribution in [-0.2, 0) is 7.05 Å². The van der Waals surface area contributed by atoms with E-state index >= 15 is 0 Å². The van der Waals surface area contributed by atoms with Crippen molar-refractivity contribution < 1.29 is 0 Å². The van der Waals surface area contributed by atoms with Crippen LogP contribution in [0.25, 0.3) is 6.08 Å². The van der Waals surface area contributed by atoms with Crippen molar-refractivity contribution in [2.75, 3.05) is 0 Å². The third kappa shape index (κ3) is 1.55. The van der Waals surface area contributed by atoms with Gasteiger partial charge in [0.05, 0.1) is 11.9 Å². The lowest BCUT2D eigenvalue weighted by molar-refractivity contribution is 0.820. The Morgan fingerprint density at radius 2 is 2.36 bits per heavy atom. The normalized spacial score (nSPS) is 10.7. The van der Waals surface area contributed by atoms with E-state index in [-0.39, 0.29) is 5.56 Å². The molecule has 1 heterocycles. The number of aromatic nitrogens is 2. The number of rotatable bonds is 1. The topological polar surface area (TPSA) is 34.9 Å². The lowest BCUT2D eigenvalue weighted by Gasteiger charge is -1.95. The van der Waals surface area contributed by atoms with E-state index in [1.165, 1.54) is 10.9 Å². The average molecular weight is 150 g/mol. The van der Waals surface area contributed by atoms with Crippen LogP contribution in [0.2, 0.25) is 0 Å². The van der Waals surface area contributed by atoms with Gasteiger partial charge in [-0.3, -0.25) is 4.79 Å². The van der Waals surface area contributed by atoms with Crippen LogP contribution in [0.4, 0.5) is 0 Å². The van der Waals surface area contributed by atoms with Crippen molar-refractivity contribution in [1.82, 2.24) is 9.55 Å². The maximum atomic E-state index is 11.2. The van der Waals surface area contributed by atoms with Gasteiger partial charge in [0.25, 0.3) is 5.56 Å². The first-order chi connectivity index (χ1) is 5.25. The molecule has 1 rings (SSSR count). The van der Waals surface area contributed by atoms with Gasteiger partial charge in [0.2, 0.25) is 0 Å². The molecule has 0 atom stereocenters. The smallest absolute Gasteiger partial charge is 0.260 e. The van der Waals surface area contributed by atoms with Gasteiger partial charge in [0.15, 0.2) is 0 Å². The minimum atomic E-state index is -0.0156. The average Bonchev–Trinajstić information content (AvgIpc) is 1.99. The molecule has 0 N–H and O–H groups in total. The predicted octanol–water partition coefficient (Wildman–Crippen LogP) is 0.813. The van der Waals surface area contributed by atoms with Gasteiger partial charge >= 0.3 is 0 Å². The second-order valence-electron chi connectivity index (χ2n) is 2.27. The van der Waals surface area contributed by atoms with Crippen molar-refractivity contribution in [2.24, 2.45) is 7.05 Å². The molecular weight excluding hydrogens is 140 g/mol. The molecule has 1 aromatic rings. The van der Waals surface area contributed by atoms with Crippen molar-refractivity contribution in [3.05, 3.63) is 34.5 Å². The van der Waals surface area contributed by atoms with Crippen LogP contribution in [0.1, 0.15) is 12.5 Å². The molecule has 0 radical (unpaired) electrons. The van der Waals surface area contributed by atoms with Gasteiger partial charge in [-0.2, -0.15) is 0 Å². The van der Waals surface area contributed by atoms with Crippen molar-refractivity contribution in [3.63, 3.8) is 0 Å². The molecule has 0 amide bonds. The molecule has 0 aliphatic heterocycles. The van der Waals surface area contributed by atoms with Crippen LogP contribution < -0.4 is 5.56 Å². The van der Waals surface area contributed by atoms with E-state index < -0.39 is 0 Å². The largest absolute Gasteiger partial charge is 0.302 e. The minimum Gasteiger partial charge on any atom is -0.302 e. The Balaban J connectivity index is 3.28. The molecule has 3 nitrogen and oxygen atoms in total. The Kier molecular flexibility index (Phi) is 2.21. The van der Waals surface area contributed by atoms with Crippen molar-refractivity contribution in [3.8, 4) is 0 Å². The summed E-state index contributed by atoms with van der Waals surface area (Å²) in [5.41, 5.74) is 0.607.